The molecular formula is C15H14ClN3O2S. The van der Waals surface area contributed by atoms with Gasteiger partial charge in [-0.2, -0.15) is 5.90 Å². The van der Waals surface area contributed by atoms with Crippen molar-refractivity contribution >= 4 is 40.2 Å². The average Bonchev–Trinajstić information content (AvgIpc) is 2.94. The zero-order valence-electron chi connectivity index (χ0n) is 11.5. The first-order valence-electron chi connectivity index (χ1n) is 6.56. The number of fused-ring (bicyclic) bond motifs is 1. The first-order chi connectivity index (χ1) is 10.8. The van der Waals surface area contributed by atoms with Crippen LogP contribution in [0.3, 0.4) is 0 Å². The lowest BCUT2D eigenvalue weighted by Crippen LogP contribution is -2.00. The van der Waals surface area contributed by atoms with Gasteiger partial charge in [-0.3, -0.25) is 0 Å². The van der Waals surface area contributed by atoms with Crippen molar-refractivity contribution < 1.29 is 9.32 Å². The molecule has 0 amide bonds. The molecule has 0 radical (unpaired) electrons. The van der Waals surface area contributed by atoms with Crippen LogP contribution in [0.15, 0.2) is 53.6 Å². The van der Waals surface area contributed by atoms with Gasteiger partial charge in [0.1, 0.15) is 0 Å². The minimum absolute atomic E-state index is 0.703. The number of nitrogens with two attached hydrogens (primary N) is 1. The van der Waals surface area contributed by atoms with E-state index < -0.39 is 0 Å². The molecule has 0 aliphatic heterocycles. The van der Waals surface area contributed by atoms with Gasteiger partial charge in [-0.15, -0.1) is 9.32 Å². The Hall–Kier alpha value is -1.70. The van der Waals surface area contributed by atoms with Gasteiger partial charge >= 0.3 is 0 Å². The summed E-state index contributed by atoms with van der Waals surface area (Å²) in [4.78, 5) is 8.16. The SMILES string of the molecule is NOOSc1ccc(CNc2cccc3c(Cl)c[nH]c23)cc1. The van der Waals surface area contributed by atoms with E-state index >= 15 is 0 Å². The van der Waals surface area contributed by atoms with Gasteiger partial charge in [0.05, 0.1) is 28.3 Å². The van der Waals surface area contributed by atoms with Crippen LogP contribution in [0.4, 0.5) is 5.69 Å². The van der Waals surface area contributed by atoms with Crippen molar-refractivity contribution in [2.45, 2.75) is 11.4 Å². The lowest BCUT2D eigenvalue weighted by Gasteiger charge is -2.08. The van der Waals surface area contributed by atoms with Gasteiger partial charge in [0.15, 0.2) is 0 Å². The van der Waals surface area contributed by atoms with E-state index in [0.717, 1.165) is 44.1 Å². The summed E-state index contributed by atoms with van der Waals surface area (Å²) in [5.41, 5.74) is 3.17. The van der Waals surface area contributed by atoms with E-state index in [4.69, 9.17) is 17.5 Å². The van der Waals surface area contributed by atoms with Crippen molar-refractivity contribution in [2.75, 3.05) is 5.32 Å². The molecule has 0 aliphatic rings. The third kappa shape index (κ3) is 3.37. The molecule has 0 saturated heterocycles. The van der Waals surface area contributed by atoms with E-state index in [0.29, 0.717) is 6.54 Å². The second-order valence-corrected chi connectivity index (χ2v) is 5.79. The minimum atomic E-state index is 0.703. The number of nitrogens with one attached hydrogen (secondary N) is 2. The van der Waals surface area contributed by atoms with Gasteiger partial charge in [-0.1, -0.05) is 35.9 Å². The van der Waals surface area contributed by atoms with Crippen molar-refractivity contribution in [2.24, 2.45) is 5.90 Å². The summed E-state index contributed by atoms with van der Waals surface area (Å²) < 4.78 is 4.60. The third-order valence-electron chi connectivity index (χ3n) is 3.24. The van der Waals surface area contributed by atoms with E-state index in [9.17, 15) is 0 Å². The molecule has 0 atom stereocenters. The van der Waals surface area contributed by atoms with E-state index in [1.807, 2.05) is 42.5 Å². The highest BCUT2D eigenvalue weighted by Gasteiger charge is 2.05. The Labute approximate surface area is 136 Å². The maximum absolute atomic E-state index is 6.13. The number of halogens is 1. The summed E-state index contributed by atoms with van der Waals surface area (Å²) in [6, 6.07) is 13.9. The molecule has 1 heterocycles. The fraction of sp³-hybridized carbons (Fsp3) is 0.0667. The summed E-state index contributed by atoms with van der Waals surface area (Å²) in [5, 5.41) is 5.14. The standard InChI is InChI=1S/C15H14ClN3O2S/c16-13-9-19-15-12(13)2-1-3-14(15)18-8-10-4-6-11(7-5-10)22-21-20-17/h1-7,9,18-19H,8,17H2. The number of benzene rings is 2. The van der Waals surface area contributed by atoms with Crippen LogP contribution >= 0.6 is 23.6 Å². The monoisotopic (exact) mass is 335 g/mol. The lowest BCUT2D eigenvalue weighted by atomic mass is 10.2. The number of H-pyrrole nitrogens is 1. The van der Waals surface area contributed by atoms with E-state index in [1.165, 1.54) is 0 Å². The molecule has 22 heavy (non-hydrogen) atoms. The second kappa shape index (κ2) is 7.04. The highest BCUT2D eigenvalue weighted by molar-refractivity contribution is 7.94. The Morgan fingerprint density at radius 2 is 2.00 bits per heavy atom. The van der Waals surface area contributed by atoms with Crippen LogP contribution in [0.2, 0.25) is 5.02 Å². The predicted molar refractivity (Wildman–Crippen MR) is 89.3 cm³/mol. The zero-order chi connectivity index (χ0) is 15.4. The first-order valence-corrected chi connectivity index (χ1v) is 7.68. The van der Waals surface area contributed by atoms with Crippen molar-refractivity contribution in [1.82, 2.24) is 4.98 Å². The Bertz CT molecular complexity index is 761. The smallest absolute Gasteiger partial charge is 0.0705 e. The first kappa shape index (κ1) is 15.2. The van der Waals surface area contributed by atoms with Gasteiger partial charge in [0, 0.05) is 23.0 Å². The Morgan fingerprint density at radius 3 is 2.77 bits per heavy atom. The summed E-state index contributed by atoms with van der Waals surface area (Å²) in [6.45, 7) is 0.703. The van der Waals surface area contributed by atoms with E-state index in [-0.39, 0.29) is 0 Å². The second-order valence-electron chi connectivity index (χ2n) is 4.61. The number of aromatic amines is 1. The molecular weight excluding hydrogens is 322 g/mol. The number of hydrogen-bond donors (Lipinski definition) is 3. The molecule has 114 valence electrons. The largest absolute Gasteiger partial charge is 0.379 e. The zero-order valence-corrected chi connectivity index (χ0v) is 13.1. The number of hydrogen-bond acceptors (Lipinski definition) is 5. The average molecular weight is 336 g/mol. The molecule has 0 fully saturated rings. The molecule has 4 N–H and O–H groups in total. The molecule has 0 bridgehead atoms. The molecule has 0 spiro atoms. The van der Waals surface area contributed by atoms with Crippen molar-refractivity contribution in [3.63, 3.8) is 0 Å². The summed E-state index contributed by atoms with van der Waals surface area (Å²) in [5.74, 6) is 4.80. The Balaban J connectivity index is 1.68. The van der Waals surface area contributed by atoms with Crippen LogP contribution < -0.4 is 11.2 Å². The molecule has 5 nitrogen and oxygen atoms in total. The highest BCUT2D eigenvalue weighted by Crippen LogP contribution is 2.28. The molecule has 1 aromatic heterocycles. The normalized spacial score (nSPS) is 11.0. The quantitative estimate of drug-likeness (QED) is 0.356. The number of aromatic nitrogens is 1. The van der Waals surface area contributed by atoms with Gasteiger partial charge < -0.3 is 10.3 Å². The van der Waals surface area contributed by atoms with Gasteiger partial charge in [-0.05, 0) is 23.8 Å². The van der Waals surface area contributed by atoms with Crippen LogP contribution in [0.25, 0.3) is 10.9 Å². The van der Waals surface area contributed by atoms with Gasteiger partial charge in [0.25, 0.3) is 0 Å². The minimum Gasteiger partial charge on any atom is -0.379 e. The Morgan fingerprint density at radius 1 is 1.18 bits per heavy atom. The van der Waals surface area contributed by atoms with Crippen LogP contribution in [-0.2, 0) is 15.9 Å². The molecule has 2 aromatic carbocycles. The topological polar surface area (TPSA) is 72.3 Å². The number of rotatable bonds is 6. The molecule has 0 saturated carbocycles. The molecule has 7 heteroatoms. The van der Waals surface area contributed by atoms with Gasteiger partial charge in [-0.25, -0.2) is 0 Å². The Kier molecular flexibility index (Phi) is 4.87. The summed E-state index contributed by atoms with van der Waals surface area (Å²) in [7, 11) is 0. The fourth-order valence-corrected chi connectivity index (χ4v) is 2.76. The number of para-hydroxylation sites is 1. The third-order valence-corrected chi connectivity index (χ3v) is 4.16. The molecule has 0 unspecified atom stereocenters. The van der Waals surface area contributed by atoms with Crippen LogP contribution in [0, 0.1) is 0 Å². The molecule has 3 aromatic rings. The lowest BCUT2D eigenvalue weighted by molar-refractivity contribution is -0.195. The maximum atomic E-state index is 6.13. The summed E-state index contributed by atoms with van der Waals surface area (Å²) in [6.07, 6.45) is 1.79. The molecule has 0 aliphatic carbocycles. The molecule has 3 rings (SSSR count). The van der Waals surface area contributed by atoms with Crippen LogP contribution in [0.1, 0.15) is 5.56 Å². The van der Waals surface area contributed by atoms with Crippen molar-refractivity contribution in [3.8, 4) is 0 Å². The maximum Gasteiger partial charge on any atom is 0.0705 e. The fourth-order valence-electron chi connectivity index (χ4n) is 2.19. The van der Waals surface area contributed by atoms with E-state index in [2.05, 4.69) is 19.6 Å². The van der Waals surface area contributed by atoms with Crippen molar-refractivity contribution in [1.29, 1.82) is 0 Å². The summed E-state index contributed by atoms with van der Waals surface area (Å²) >= 11 is 7.19. The van der Waals surface area contributed by atoms with E-state index in [1.54, 1.807) is 6.20 Å². The van der Waals surface area contributed by atoms with Crippen LogP contribution in [0.5, 0.6) is 0 Å². The highest BCUT2D eigenvalue weighted by atomic mass is 35.5. The van der Waals surface area contributed by atoms with Gasteiger partial charge in [0.2, 0.25) is 0 Å². The predicted octanol–water partition coefficient (Wildman–Crippen LogP) is 4.26. The van der Waals surface area contributed by atoms with Crippen molar-refractivity contribution in [3.05, 3.63) is 59.2 Å². The number of anilines is 1. The van der Waals surface area contributed by atoms with Crippen LogP contribution in [-0.4, -0.2) is 4.98 Å².